The Morgan fingerprint density at radius 1 is 1.50 bits per heavy atom. The van der Waals surface area contributed by atoms with Crippen LogP contribution in [0.1, 0.15) is 33.1 Å². The number of halogens is 1. The molecule has 1 amide bonds. The van der Waals surface area contributed by atoms with Gasteiger partial charge in [-0.3, -0.25) is 4.79 Å². The highest BCUT2D eigenvalue weighted by molar-refractivity contribution is 6.19. The molecule has 1 N–H and O–H groups in total. The molecule has 0 radical (unpaired) electrons. The minimum Gasteiger partial charge on any atom is -0.338 e. The van der Waals surface area contributed by atoms with Crippen LogP contribution in [-0.2, 0) is 4.79 Å². The molecule has 2 aliphatic heterocycles. The summed E-state index contributed by atoms with van der Waals surface area (Å²) >= 11 is 5.88. The first-order valence-electron chi connectivity index (χ1n) is 6.17. The van der Waals surface area contributed by atoms with E-state index in [1.54, 1.807) is 0 Å². The van der Waals surface area contributed by atoms with E-state index >= 15 is 0 Å². The average Bonchev–Trinajstić information content (AvgIpc) is 2.71. The fourth-order valence-electron chi connectivity index (χ4n) is 2.75. The number of hydrogen-bond donors (Lipinski definition) is 1. The fraction of sp³-hybridized carbons (Fsp3) is 0.917. The van der Waals surface area contributed by atoms with Crippen LogP contribution in [0.15, 0.2) is 0 Å². The molecule has 3 nitrogen and oxygen atoms in total. The van der Waals surface area contributed by atoms with E-state index < -0.39 is 5.41 Å². The van der Waals surface area contributed by atoms with Crippen LogP contribution in [0, 0.1) is 5.41 Å². The van der Waals surface area contributed by atoms with E-state index in [9.17, 15) is 4.79 Å². The quantitative estimate of drug-likeness (QED) is 0.749. The average molecular weight is 245 g/mol. The summed E-state index contributed by atoms with van der Waals surface area (Å²) in [5.41, 5.74) is -0.423. The van der Waals surface area contributed by atoms with Crippen LogP contribution in [0.4, 0.5) is 0 Å². The van der Waals surface area contributed by atoms with Gasteiger partial charge in [0.05, 0.1) is 5.41 Å². The second kappa shape index (κ2) is 4.53. The van der Waals surface area contributed by atoms with Crippen molar-refractivity contribution in [2.24, 2.45) is 5.41 Å². The van der Waals surface area contributed by atoms with Crippen molar-refractivity contribution in [3.8, 4) is 0 Å². The summed E-state index contributed by atoms with van der Waals surface area (Å²) in [6, 6.07) is 0.924. The van der Waals surface area contributed by atoms with Crippen molar-refractivity contribution in [2.75, 3.05) is 19.0 Å². The van der Waals surface area contributed by atoms with E-state index in [0.717, 1.165) is 25.9 Å². The number of likely N-dealkylation sites (tertiary alicyclic amines) is 1. The Morgan fingerprint density at radius 3 is 2.94 bits per heavy atom. The van der Waals surface area contributed by atoms with Crippen LogP contribution in [0.25, 0.3) is 0 Å². The maximum absolute atomic E-state index is 12.4. The molecule has 2 saturated heterocycles. The Hall–Kier alpha value is -0.280. The number of nitrogens with zero attached hydrogens (tertiary/aromatic N) is 1. The third-order valence-electron chi connectivity index (χ3n) is 3.80. The van der Waals surface area contributed by atoms with Crippen molar-refractivity contribution in [2.45, 2.75) is 45.2 Å². The minimum absolute atomic E-state index is 0.221. The first-order chi connectivity index (χ1) is 7.56. The second-order valence-electron chi connectivity index (χ2n) is 5.57. The number of fused-ring (bicyclic) bond motifs is 1. The van der Waals surface area contributed by atoms with Gasteiger partial charge in [0.25, 0.3) is 0 Å². The number of hydrogen-bond acceptors (Lipinski definition) is 2. The first kappa shape index (κ1) is 12.2. The highest BCUT2D eigenvalue weighted by Crippen LogP contribution is 2.30. The lowest BCUT2D eigenvalue weighted by molar-refractivity contribution is -0.140. The molecule has 0 bridgehead atoms. The smallest absolute Gasteiger partial charge is 0.229 e. The summed E-state index contributed by atoms with van der Waals surface area (Å²) in [4.78, 5) is 14.4. The summed E-state index contributed by atoms with van der Waals surface area (Å²) in [7, 11) is 0. The van der Waals surface area contributed by atoms with Crippen molar-refractivity contribution in [1.29, 1.82) is 0 Å². The summed E-state index contributed by atoms with van der Waals surface area (Å²) in [6.45, 7) is 5.86. The van der Waals surface area contributed by atoms with Gasteiger partial charge in [0, 0.05) is 24.5 Å². The van der Waals surface area contributed by atoms with Gasteiger partial charge in [0.1, 0.15) is 0 Å². The molecule has 2 rings (SSSR count). The van der Waals surface area contributed by atoms with Crippen LogP contribution in [-0.4, -0.2) is 41.9 Å². The Kier molecular flexibility index (Phi) is 3.45. The van der Waals surface area contributed by atoms with Gasteiger partial charge in [0.15, 0.2) is 0 Å². The molecule has 0 spiro atoms. The zero-order valence-corrected chi connectivity index (χ0v) is 10.9. The molecule has 4 heteroatoms. The van der Waals surface area contributed by atoms with E-state index in [2.05, 4.69) is 10.2 Å². The molecule has 16 heavy (non-hydrogen) atoms. The first-order valence-corrected chi connectivity index (χ1v) is 6.70. The SMILES string of the molecule is CC(C)(CCl)C(=O)N1CCC2NCCCC21. The molecule has 0 saturated carbocycles. The van der Waals surface area contributed by atoms with Gasteiger partial charge in [-0.1, -0.05) is 0 Å². The van der Waals surface area contributed by atoms with Gasteiger partial charge in [-0.15, -0.1) is 11.6 Å². The largest absolute Gasteiger partial charge is 0.338 e. The zero-order chi connectivity index (χ0) is 11.8. The molecule has 2 heterocycles. The van der Waals surface area contributed by atoms with E-state index in [-0.39, 0.29) is 5.91 Å². The Morgan fingerprint density at radius 2 is 2.25 bits per heavy atom. The maximum Gasteiger partial charge on any atom is 0.229 e. The number of carbonyl (C=O) groups excluding carboxylic acids is 1. The predicted molar refractivity (Wildman–Crippen MR) is 65.6 cm³/mol. The molecule has 2 aliphatic rings. The van der Waals surface area contributed by atoms with Gasteiger partial charge in [-0.2, -0.15) is 0 Å². The summed E-state index contributed by atoms with van der Waals surface area (Å²) < 4.78 is 0. The van der Waals surface area contributed by atoms with Crippen molar-refractivity contribution in [3.63, 3.8) is 0 Å². The molecule has 0 aromatic rings. The Balaban J connectivity index is 2.07. The van der Waals surface area contributed by atoms with Gasteiger partial charge in [0.2, 0.25) is 5.91 Å². The number of alkyl halides is 1. The third kappa shape index (κ3) is 2.07. The standard InChI is InChI=1S/C12H21ClN2O/c1-12(2,8-13)11(16)15-7-5-9-10(15)4-3-6-14-9/h9-10,14H,3-8H2,1-2H3. The minimum atomic E-state index is -0.423. The molecule has 0 aliphatic carbocycles. The molecule has 2 atom stereocenters. The van der Waals surface area contributed by atoms with E-state index in [0.29, 0.717) is 18.0 Å². The maximum atomic E-state index is 12.4. The van der Waals surface area contributed by atoms with Crippen LogP contribution in [0.5, 0.6) is 0 Å². The van der Waals surface area contributed by atoms with Crippen molar-refractivity contribution < 1.29 is 4.79 Å². The fourth-order valence-corrected chi connectivity index (χ4v) is 2.86. The lowest BCUT2D eigenvalue weighted by atomic mass is 9.92. The normalized spacial score (nSPS) is 30.3. The molecule has 0 aromatic carbocycles. The number of rotatable bonds is 2. The summed E-state index contributed by atoms with van der Waals surface area (Å²) in [5.74, 6) is 0.617. The number of piperidine rings is 1. The summed E-state index contributed by atoms with van der Waals surface area (Å²) in [5, 5.41) is 3.51. The van der Waals surface area contributed by atoms with E-state index in [4.69, 9.17) is 11.6 Å². The van der Waals surface area contributed by atoms with Crippen molar-refractivity contribution in [1.82, 2.24) is 10.2 Å². The molecule has 92 valence electrons. The Labute approximate surface area is 103 Å². The molecular weight excluding hydrogens is 224 g/mol. The van der Waals surface area contributed by atoms with Crippen molar-refractivity contribution in [3.05, 3.63) is 0 Å². The number of carbonyl (C=O) groups is 1. The number of nitrogens with one attached hydrogen (secondary N) is 1. The van der Waals surface area contributed by atoms with Crippen molar-refractivity contribution >= 4 is 17.5 Å². The van der Waals surface area contributed by atoms with Crippen LogP contribution >= 0.6 is 11.6 Å². The van der Waals surface area contributed by atoms with Crippen LogP contribution < -0.4 is 5.32 Å². The topological polar surface area (TPSA) is 32.3 Å². The van der Waals surface area contributed by atoms with Gasteiger partial charge in [-0.05, 0) is 39.7 Å². The van der Waals surface area contributed by atoms with Gasteiger partial charge in [-0.25, -0.2) is 0 Å². The van der Waals surface area contributed by atoms with Gasteiger partial charge >= 0.3 is 0 Å². The lowest BCUT2D eigenvalue weighted by Gasteiger charge is -2.36. The lowest BCUT2D eigenvalue weighted by Crippen LogP contribution is -2.51. The van der Waals surface area contributed by atoms with Crippen LogP contribution in [0.3, 0.4) is 0 Å². The Bertz CT molecular complexity index is 280. The van der Waals surface area contributed by atoms with E-state index in [1.165, 1.54) is 6.42 Å². The van der Waals surface area contributed by atoms with Gasteiger partial charge < -0.3 is 10.2 Å². The highest BCUT2D eigenvalue weighted by Gasteiger charge is 2.42. The third-order valence-corrected chi connectivity index (χ3v) is 4.47. The predicted octanol–water partition coefficient (Wildman–Crippen LogP) is 1.60. The zero-order valence-electron chi connectivity index (χ0n) is 10.1. The molecule has 2 unspecified atom stereocenters. The second-order valence-corrected chi connectivity index (χ2v) is 5.84. The number of amides is 1. The monoisotopic (exact) mass is 244 g/mol. The highest BCUT2D eigenvalue weighted by atomic mass is 35.5. The summed E-state index contributed by atoms with van der Waals surface area (Å²) in [6.07, 6.45) is 3.41. The van der Waals surface area contributed by atoms with Crippen LogP contribution in [0.2, 0.25) is 0 Å². The molecular formula is C12H21ClN2O. The van der Waals surface area contributed by atoms with E-state index in [1.807, 2.05) is 13.8 Å². The molecule has 0 aromatic heterocycles. The molecule has 2 fully saturated rings.